The minimum atomic E-state index is -0.440. The summed E-state index contributed by atoms with van der Waals surface area (Å²) in [6, 6.07) is -0.440. The lowest BCUT2D eigenvalue weighted by molar-refractivity contribution is -0.149. The van der Waals surface area contributed by atoms with E-state index in [1.165, 1.54) is 7.11 Å². The highest BCUT2D eigenvalue weighted by Crippen LogP contribution is 2.19. The SMILES string of the molecule is COC(=O)C1CCN(C(=O)[C@@H](N)C(C)C)CC1.Cl. The van der Waals surface area contributed by atoms with Crippen molar-refractivity contribution in [1.29, 1.82) is 0 Å². The van der Waals surface area contributed by atoms with Crippen LogP contribution in [-0.4, -0.2) is 43.0 Å². The average Bonchev–Trinajstić information content (AvgIpc) is 2.36. The second kappa shape index (κ2) is 7.59. The molecule has 2 N–H and O–H groups in total. The molecule has 1 fully saturated rings. The number of ether oxygens (including phenoxy) is 1. The Bertz CT molecular complexity index is 289. The predicted molar refractivity (Wildman–Crippen MR) is 71.4 cm³/mol. The van der Waals surface area contributed by atoms with E-state index in [9.17, 15) is 9.59 Å². The van der Waals surface area contributed by atoms with Crippen molar-refractivity contribution in [2.24, 2.45) is 17.6 Å². The van der Waals surface area contributed by atoms with Crippen molar-refractivity contribution in [3.05, 3.63) is 0 Å². The van der Waals surface area contributed by atoms with E-state index in [1.807, 2.05) is 13.8 Å². The topological polar surface area (TPSA) is 72.6 Å². The van der Waals surface area contributed by atoms with Crippen molar-refractivity contribution >= 4 is 24.3 Å². The van der Waals surface area contributed by atoms with Gasteiger partial charge in [0.25, 0.3) is 0 Å². The Kier molecular flexibility index (Phi) is 7.25. The summed E-state index contributed by atoms with van der Waals surface area (Å²) in [6.45, 7) is 5.06. The fourth-order valence-corrected chi connectivity index (χ4v) is 2.00. The zero-order valence-electron chi connectivity index (χ0n) is 11.2. The van der Waals surface area contributed by atoms with E-state index in [0.29, 0.717) is 25.9 Å². The molecule has 1 heterocycles. The molecule has 1 saturated heterocycles. The van der Waals surface area contributed by atoms with Crippen molar-refractivity contribution in [2.75, 3.05) is 20.2 Å². The zero-order valence-corrected chi connectivity index (χ0v) is 12.0. The maximum Gasteiger partial charge on any atom is 0.308 e. The van der Waals surface area contributed by atoms with Crippen LogP contribution in [0.4, 0.5) is 0 Å². The highest BCUT2D eigenvalue weighted by Gasteiger charge is 2.30. The highest BCUT2D eigenvalue weighted by atomic mass is 35.5. The molecule has 1 atom stereocenters. The normalized spacial score (nSPS) is 18.2. The van der Waals surface area contributed by atoms with Crippen molar-refractivity contribution in [2.45, 2.75) is 32.7 Å². The Morgan fingerprint density at radius 1 is 1.28 bits per heavy atom. The maximum atomic E-state index is 12.0. The second-order valence-corrected chi connectivity index (χ2v) is 4.89. The van der Waals surface area contributed by atoms with Crippen LogP contribution >= 0.6 is 12.4 Å². The van der Waals surface area contributed by atoms with Gasteiger partial charge in [-0.05, 0) is 18.8 Å². The molecule has 5 nitrogen and oxygen atoms in total. The molecular weight excluding hydrogens is 256 g/mol. The fourth-order valence-electron chi connectivity index (χ4n) is 2.00. The third kappa shape index (κ3) is 4.14. The van der Waals surface area contributed by atoms with Crippen LogP contribution in [0.15, 0.2) is 0 Å². The molecule has 1 amide bonds. The number of nitrogens with zero attached hydrogens (tertiary/aromatic N) is 1. The molecule has 106 valence electrons. The number of carbonyl (C=O) groups excluding carboxylic acids is 2. The van der Waals surface area contributed by atoms with Gasteiger partial charge in [0.2, 0.25) is 5.91 Å². The van der Waals surface area contributed by atoms with Gasteiger partial charge in [-0.2, -0.15) is 0 Å². The zero-order chi connectivity index (χ0) is 13.0. The Morgan fingerprint density at radius 3 is 2.17 bits per heavy atom. The summed E-state index contributed by atoms with van der Waals surface area (Å²) in [5.74, 6) is -0.117. The first-order chi connectivity index (χ1) is 7.97. The standard InChI is InChI=1S/C12H22N2O3.ClH/c1-8(2)10(13)11(15)14-6-4-9(5-7-14)12(16)17-3;/h8-10H,4-7,13H2,1-3H3;1H/t10-;/m0./s1. The molecule has 0 spiro atoms. The highest BCUT2D eigenvalue weighted by molar-refractivity contribution is 5.85. The maximum absolute atomic E-state index is 12.0. The number of nitrogens with two attached hydrogens (primary N) is 1. The molecule has 18 heavy (non-hydrogen) atoms. The van der Waals surface area contributed by atoms with Crippen LogP contribution in [0.3, 0.4) is 0 Å². The van der Waals surface area contributed by atoms with Crippen molar-refractivity contribution in [3.63, 3.8) is 0 Å². The van der Waals surface area contributed by atoms with Crippen LogP contribution in [0.2, 0.25) is 0 Å². The van der Waals surface area contributed by atoms with Gasteiger partial charge in [-0.15, -0.1) is 12.4 Å². The molecule has 6 heteroatoms. The van der Waals surface area contributed by atoms with Crippen molar-refractivity contribution < 1.29 is 14.3 Å². The first-order valence-corrected chi connectivity index (χ1v) is 6.09. The summed E-state index contributed by atoms with van der Waals surface area (Å²) in [6.07, 6.45) is 1.34. The number of amides is 1. The van der Waals surface area contributed by atoms with E-state index in [-0.39, 0.29) is 36.1 Å². The summed E-state index contributed by atoms with van der Waals surface area (Å²) in [5.41, 5.74) is 5.83. The van der Waals surface area contributed by atoms with E-state index in [0.717, 1.165) is 0 Å². The summed E-state index contributed by atoms with van der Waals surface area (Å²) in [7, 11) is 1.40. The number of likely N-dealkylation sites (tertiary alicyclic amines) is 1. The molecule has 0 bridgehead atoms. The van der Waals surface area contributed by atoms with Crippen LogP contribution in [0.5, 0.6) is 0 Å². The predicted octanol–water partition coefficient (Wildman–Crippen LogP) is 0.803. The van der Waals surface area contributed by atoms with E-state index < -0.39 is 6.04 Å². The number of methoxy groups -OCH3 is 1. The number of halogens is 1. The van der Waals surface area contributed by atoms with Gasteiger partial charge in [0.15, 0.2) is 0 Å². The summed E-state index contributed by atoms with van der Waals surface area (Å²) in [4.78, 5) is 25.1. The van der Waals surface area contributed by atoms with Gasteiger partial charge >= 0.3 is 5.97 Å². The monoisotopic (exact) mass is 278 g/mol. The van der Waals surface area contributed by atoms with Crippen LogP contribution in [0, 0.1) is 11.8 Å². The Balaban J connectivity index is 0.00000289. The molecule has 0 unspecified atom stereocenters. The average molecular weight is 279 g/mol. The Hall–Kier alpha value is -0.810. The summed E-state index contributed by atoms with van der Waals surface area (Å²) >= 11 is 0. The van der Waals surface area contributed by atoms with Crippen molar-refractivity contribution in [3.8, 4) is 0 Å². The lowest BCUT2D eigenvalue weighted by Crippen LogP contribution is -2.49. The molecular formula is C12H23ClN2O3. The Labute approximate surface area is 114 Å². The number of piperidine rings is 1. The van der Waals surface area contributed by atoms with Gasteiger partial charge in [0.05, 0.1) is 19.1 Å². The number of hydrogen-bond donors (Lipinski definition) is 1. The molecule has 1 aliphatic heterocycles. The molecule has 0 saturated carbocycles. The summed E-state index contributed by atoms with van der Waals surface area (Å²) in [5, 5.41) is 0. The minimum Gasteiger partial charge on any atom is -0.469 e. The minimum absolute atomic E-state index is 0. The van der Waals surface area contributed by atoms with Crippen LogP contribution < -0.4 is 5.73 Å². The van der Waals surface area contributed by atoms with Crippen LogP contribution in [0.25, 0.3) is 0 Å². The molecule has 0 aromatic carbocycles. The second-order valence-electron chi connectivity index (χ2n) is 4.89. The van der Waals surface area contributed by atoms with E-state index in [4.69, 9.17) is 10.5 Å². The van der Waals surface area contributed by atoms with Gasteiger partial charge in [-0.3, -0.25) is 9.59 Å². The first kappa shape index (κ1) is 17.2. The lowest BCUT2D eigenvalue weighted by atomic mass is 9.95. The quantitative estimate of drug-likeness (QED) is 0.775. The smallest absolute Gasteiger partial charge is 0.308 e. The van der Waals surface area contributed by atoms with Gasteiger partial charge < -0.3 is 15.4 Å². The van der Waals surface area contributed by atoms with E-state index >= 15 is 0 Å². The van der Waals surface area contributed by atoms with Gasteiger partial charge in [0.1, 0.15) is 0 Å². The fraction of sp³-hybridized carbons (Fsp3) is 0.833. The number of rotatable bonds is 3. The molecule has 1 aliphatic rings. The van der Waals surface area contributed by atoms with Crippen molar-refractivity contribution in [1.82, 2.24) is 4.90 Å². The molecule has 0 aliphatic carbocycles. The van der Waals surface area contributed by atoms with E-state index in [2.05, 4.69) is 0 Å². The molecule has 0 aromatic heterocycles. The Morgan fingerprint density at radius 2 is 1.78 bits per heavy atom. The molecule has 0 aromatic rings. The number of carbonyl (C=O) groups is 2. The number of hydrogen-bond acceptors (Lipinski definition) is 4. The van der Waals surface area contributed by atoms with Gasteiger partial charge in [-0.1, -0.05) is 13.8 Å². The molecule has 0 radical (unpaired) electrons. The largest absolute Gasteiger partial charge is 0.469 e. The third-order valence-corrected chi connectivity index (χ3v) is 3.34. The van der Waals surface area contributed by atoms with E-state index in [1.54, 1.807) is 4.90 Å². The van der Waals surface area contributed by atoms with Gasteiger partial charge in [-0.25, -0.2) is 0 Å². The lowest BCUT2D eigenvalue weighted by Gasteiger charge is -2.33. The van der Waals surface area contributed by atoms with Crippen LogP contribution in [-0.2, 0) is 14.3 Å². The van der Waals surface area contributed by atoms with Gasteiger partial charge in [0, 0.05) is 13.1 Å². The third-order valence-electron chi connectivity index (χ3n) is 3.34. The summed E-state index contributed by atoms with van der Waals surface area (Å²) < 4.78 is 4.70. The first-order valence-electron chi connectivity index (χ1n) is 6.09. The van der Waals surface area contributed by atoms with Crippen LogP contribution in [0.1, 0.15) is 26.7 Å². The number of esters is 1. The molecule has 1 rings (SSSR count).